The van der Waals surface area contributed by atoms with E-state index in [1.54, 1.807) is 32.2 Å². The molecule has 2 amide bonds. The first-order valence-corrected chi connectivity index (χ1v) is 5.30. The zero-order valence-corrected chi connectivity index (χ0v) is 9.77. The van der Waals surface area contributed by atoms with Gasteiger partial charge in [-0.15, -0.1) is 0 Å². The van der Waals surface area contributed by atoms with Crippen LogP contribution in [0, 0.1) is 6.92 Å². The number of carbonyl (C=O) groups is 2. The van der Waals surface area contributed by atoms with Crippen molar-refractivity contribution in [1.29, 1.82) is 0 Å². The summed E-state index contributed by atoms with van der Waals surface area (Å²) in [4.78, 5) is 25.0. The Bertz CT molecular complexity index is 481. The Labute approximate surface area is 99.2 Å². The number of rotatable bonds is 3. The predicted molar refractivity (Wildman–Crippen MR) is 61.5 cm³/mol. The van der Waals surface area contributed by atoms with Crippen molar-refractivity contribution in [3.8, 4) is 0 Å². The maximum Gasteiger partial charge on any atom is 0.256 e. The lowest BCUT2D eigenvalue weighted by atomic mass is 10.0. The summed E-state index contributed by atoms with van der Waals surface area (Å²) in [5.74, 6) is -0.832. The monoisotopic (exact) mass is 234 g/mol. The second kappa shape index (κ2) is 4.18. The minimum absolute atomic E-state index is 0.177. The van der Waals surface area contributed by atoms with Crippen LogP contribution in [-0.2, 0) is 4.74 Å². The number of benzene rings is 1. The standard InChI is InChI=1S/C12H14N2O3/c1-7-4-3-5-8(10(7)11(13)15)12(16)14(2)9-6-17-9/h3-5,9H,6H2,1-2H3,(H2,13,15). The van der Waals surface area contributed by atoms with E-state index in [4.69, 9.17) is 10.5 Å². The third kappa shape index (κ3) is 2.14. The fourth-order valence-electron chi connectivity index (χ4n) is 1.76. The highest BCUT2D eigenvalue weighted by Gasteiger charge is 2.33. The highest BCUT2D eigenvalue weighted by atomic mass is 16.6. The molecule has 1 fully saturated rings. The van der Waals surface area contributed by atoms with Crippen LogP contribution in [0.3, 0.4) is 0 Å². The SMILES string of the molecule is Cc1cccc(C(=O)N(C)C2CO2)c1C(N)=O. The lowest BCUT2D eigenvalue weighted by molar-refractivity contribution is 0.0720. The van der Waals surface area contributed by atoms with Gasteiger partial charge < -0.3 is 15.4 Å². The van der Waals surface area contributed by atoms with Crippen LogP contribution in [0.2, 0.25) is 0 Å². The summed E-state index contributed by atoms with van der Waals surface area (Å²) in [7, 11) is 1.65. The van der Waals surface area contributed by atoms with Gasteiger partial charge in [-0.3, -0.25) is 9.59 Å². The van der Waals surface area contributed by atoms with Gasteiger partial charge in [0.2, 0.25) is 5.91 Å². The van der Waals surface area contributed by atoms with Crippen LogP contribution in [0.1, 0.15) is 26.3 Å². The van der Waals surface area contributed by atoms with Gasteiger partial charge in [-0.05, 0) is 18.6 Å². The van der Waals surface area contributed by atoms with Crippen LogP contribution in [0.25, 0.3) is 0 Å². The predicted octanol–water partition coefficient (Wildman–Crippen LogP) is 0.522. The topological polar surface area (TPSA) is 75.9 Å². The number of carbonyl (C=O) groups excluding carboxylic acids is 2. The second-order valence-corrected chi connectivity index (χ2v) is 4.07. The second-order valence-electron chi connectivity index (χ2n) is 4.07. The van der Waals surface area contributed by atoms with Gasteiger partial charge >= 0.3 is 0 Å². The van der Waals surface area contributed by atoms with Crippen molar-refractivity contribution in [2.75, 3.05) is 13.7 Å². The Morgan fingerprint density at radius 2 is 2.12 bits per heavy atom. The first kappa shape index (κ1) is 11.6. The van der Waals surface area contributed by atoms with Gasteiger partial charge in [0.05, 0.1) is 17.7 Å². The third-order valence-electron chi connectivity index (χ3n) is 2.82. The number of aryl methyl sites for hydroxylation is 1. The summed E-state index contributed by atoms with van der Waals surface area (Å²) < 4.78 is 5.03. The summed E-state index contributed by atoms with van der Waals surface area (Å²) in [5, 5.41) is 0. The van der Waals surface area contributed by atoms with E-state index in [0.717, 1.165) is 0 Å². The molecule has 1 heterocycles. The summed E-state index contributed by atoms with van der Waals surface area (Å²) in [6, 6.07) is 5.09. The molecule has 2 N–H and O–H groups in total. The van der Waals surface area contributed by atoms with Crippen LogP contribution < -0.4 is 5.73 Å². The Kier molecular flexibility index (Phi) is 2.85. The van der Waals surface area contributed by atoms with Crippen LogP contribution in [-0.4, -0.2) is 36.6 Å². The molecule has 0 aromatic heterocycles. The molecule has 17 heavy (non-hydrogen) atoms. The smallest absolute Gasteiger partial charge is 0.256 e. The Hall–Kier alpha value is -1.88. The summed E-state index contributed by atoms with van der Waals surface area (Å²) in [5.41, 5.74) is 6.62. The van der Waals surface area contributed by atoms with E-state index >= 15 is 0 Å². The van der Waals surface area contributed by atoms with Gasteiger partial charge in [-0.25, -0.2) is 0 Å². The van der Waals surface area contributed by atoms with Gasteiger partial charge in [0, 0.05) is 7.05 Å². The number of amides is 2. The number of hydrogen-bond donors (Lipinski definition) is 1. The number of primary amides is 1. The molecule has 0 radical (unpaired) electrons. The average molecular weight is 234 g/mol. The molecule has 0 saturated carbocycles. The molecule has 5 heteroatoms. The number of likely N-dealkylation sites (N-methyl/N-ethyl adjacent to an activating group) is 1. The van der Waals surface area contributed by atoms with E-state index in [1.165, 1.54) is 4.90 Å². The average Bonchev–Trinajstić information content (AvgIpc) is 3.10. The maximum absolute atomic E-state index is 12.1. The largest absolute Gasteiger partial charge is 0.366 e. The van der Waals surface area contributed by atoms with E-state index in [0.29, 0.717) is 17.7 Å². The van der Waals surface area contributed by atoms with Gasteiger partial charge in [0.1, 0.15) is 0 Å². The molecule has 0 spiro atoms. The summed E-state index contributed by atoms with van der Waals surface area (Å²) in [6.45, 7) is 2.30. The van der Waals surface area contributed by atoms with Gasteiger partial charge in [0.15, 0.2) is 6.23 Å². The highest BCUT2D eigenvalue weighted by Crippen LogP contribution is 2.20. The van der Waals surface area contributed by atoms with Crippen molar-refractivity contribution in [2.24, 2.45) is 5.73 Å². The van der Waals surface area contributed by atoms with Crippen LogP contribution >= 0.6 is 0 Å². The van der Waals surface area contributed by atoms with Crippen molar-refractivity contribution < 1.29 is 14.3 Å². The molecule has 1 aromatic carbocycles. The fraction of sp³-hybridized carbons (Fsp3) is 0.333. The van der Waals surface area contributed by atoms with Gasteiger partial charge in [-0.2, -0.15) is 0 Å². The number of nitrogens with zero attached hydrogens (tertiary/aromatic N) is 1. The molecule has 2 rings (SSSR count). The van der Waals surface area contributed by atoms with E-state index in [9.17, 15) is 9.59 Å². The molecule has 5 nitrogen and oxygen atoms in total. The molecular formula is C12H14N2O3. The molecule has 1 aromatic rings. The van der Waals surface area contributed by atoms with Crippen molar-refractivity contribution in [1.82, 2.24) is 4.90 Å². The van der Waals surface area contributed by atoms with Crippen LogP contribution in [0.5, 0.6) is 0 Å². The summed E-state index contributed by atoms with van der Waals surface area (Å²) in [6.07, 6.45) is -0.177. The molecule has 90 valence electrons. The Morgan fingerprint density at radius 1 is 1.47 bits per heavy atom. The number of epoxide rings is 1. The highest BCUT2D eigenvalue weighted by molar-refractivity contribution is 6.07. The molecule has 1 aliphatic rings. The minimum Gasteiger partial charge on any atom is -0.366 e. The van der Waals surface area contributed by atoms with Crippen molar-refractivity contribution in [3.63, 3.8) is 0 Å². The van der Waals surface area contributed by atoms with Crippen molar-refractivity contribution in [3.05, 3.63) is 34.9 Å². The van der Waals surface area contributed by atoms with Crippen molar-refractivity contribution >= 4 is 11.8 Å². The quantitative estimate of drug-likeness (QED) is 0.775. The Balaban J connectivity index is 2.40. The van der Waals surface area contributed by atoms with E-state index in [1.807, 2.05) is 0 Å². The third-order valence-corrected chi connectivity index (χ3v) is 2.82. The van der Waals surface area contributed by atoms with Gasteiger partial charge in [0.25, 0.3) is 5.91 Å². The number of ether oxygens (including phenoxy) is 1. The normalized spacial score (nSPS) is 17.6. The zero-order valence-electron chi connectivity index (χ0n) is 9.77. The maximum atomic E-state index is 12.1. The molecule has 1 atom stereocenters. The molecule has 1 unspecified atom stereocenters. The fourth-order valence-corrected chi connectivity index (χ4v) is 1.76. The lowest BCUT2D eigenvalue weighted by Crippen LogP contribution is -2.32. The number of hydrogen-bond acceptors (Lipinski definition) is 3. The molecular weight excluding hydrogens is 220 g/mol. The van der Waals surface area contributed by atoms with E-state index < -0.39 is 5.91 Å². The first-order chi connectivity index (χ1) is 8.02. The number of nitrogens with two attached hydrogens (primary N) is 1. The van der Waals surface area contributed by atoms with Crippen LogP contribution in [0.15, 0.2) is 18.2 Å². The molecule has 1 saturated heterocycles. The molecule has 0 aliphatic carbocycles. The van der Waals surface area contributed by atoms with Crippen LogP contribution in [0.4, 0.5) is 0 Å². The first-order valence-electron chi connectivity index (χ1n) is 5.30. The minimum atomic E-state index is -0.587. The zero-order chi connectivity index (χ0) is 12.6. The van der Waals surface area contributed by atoms with E-state index in [-0.39, 0.29) is 17.7 Å². The molecule has 0 bridgehead atoms. The van der Waals surface area contributed by atoms with Crippen molar-refractivity contribution in [2.45, 2.75) is 13.2 Å². The van der Waals surface area contributed by atoms with E-state index in [2.05, 4.69) is 0 Å². The Morgan fingerprint density at radius 3 is 2.65 bits per heavy atom. The summed E-state index contributed by atoms with van der Waals surface area (Å²) >= 11 is 0. The molecule has 1 aliphatic heterocycles. The van der Waals surface area contributed by atoms with Gasteiger partial charge in [-0.1, -0.05) is 12.1 Å². The lowest BCUT2D eigenvalue weighted by Gasteiger charge is -2.16.